The Morgan fingerprint density at radius 1 is 1.23 bits per heavy atom. The van der Waals surface area contributed by atoms with E-state index in [1.54, 1.807) is 6.07 Å². The van der Waals surface area contributed by atoms with Crippen LogP contribution in [0.4, 0.5) is 0 Å². The van der Waals surface area contributed by atoms with Gasteiger partial charge >= 0.3 is 0 Å². The number of rotatable bonds is 4. The fourth-order valence-corrected chi connectivity index (χ4v) is 3.50. The number of ether oxygens (including phenoxy) is 2. The lowest BCUT2D eigenvalue weighted by molar-refractivity contribution is -0.0736. The maximum Gasteiger partial charge on any atom is 0.258 e. The van der Waals surface area contributed by atoms with E-state index < -0.39 is 12.2 Å². The van der Waals surface area contributed by atoms with E-state index in [0.29, 0.717) is 44.0 Å². The third-order valence-electron chi connectivity index (χ3n) is 5.02. The predicted molar refractivity (Wildman–Crippen MR) is 97.1 cm³/mol. The van der Waals surface area contributed by atoms with Gasteiger partial charge in [0.1, 0.15) is 11.9 Å². The molecule has 0 bridgehead atoms. The van der Waals surface area contributed by atoms with Crippen LogP contribution in [-0.2, 0) is 17.8 Å². The van der Waals surface area contributed by atoms with Gasteiger partial charge in [-0.1, -0.05) is 42.0 Å². The Bertz CT molecular complexity index is 802. The Labute approximate surface area is 153 Å². The number of fused-ring (bicyclic) bond motifs is 1. The Balaban J connectivity index is 1.53. The van der Waals surface area contributed by atoms with Crippen LogP contribution in [0.1, 0.15) is 33.5 Å². The van der Waals surface area contributed by atoms with Gasteiger partial charge in [-0.15, -0.1) is 0 Å². The lowest BCUT2D eigenvalue weighted by Gasteiger charge is -2.28. The average molecular weight is 353 g/mol. The molecule has 1 fully saturated rings. The topological polar surface area (TPSA) is 59.0 Å². The maximum absolute atomic E-state index is 13.0. The quantitative estimate of drug-likeness (QED) is 0.918. The smallest absolute Gasteiger partial charge is 0.258 e. The second kappa shape index (κ2) is 7.09. The summed E-state index contributed by atoms with van der Waals surface area (Å²) in [7, 11) is 0. The van der Waals surface area contributed by atoms with E-state index in [1.165, 1.54) is 5.56 Å². The van der Waals surface area contributed by atoms with Crippen molar-refractivity contribution in [2.24, 2.45) is 0 Å². The number of hydrogen-bond acceptors (Lipinski definition) is 4. The zero-order chi connectivity index (χ0) is 18.1. The molecule has 2 atom stereocenters. The lowest BCUT2D eigenvalue weighted by Crippen LogP contribution is -2.41. The molecule has 0 saturated carbocycles. The highest BCUT2D eigenvalue weighted by atomic mass is 16.5. The number of aliphatic hydroxyl groups is 1. The molecule has 2 aromatic carbocycles. The van der Waals surface area contributed by atoms with Crippen molar-refractivity contribution in [1.82, 2.24) is 4.90 Å². The van der Waals surface area contributed by atoms with E-state index in [-0.39, 0.29) is 5.91 Å². The fraction of sp³-hybridized carbons (Fsp3) is 0.381. The molecule has 0 unspecified atom stereocenters. The molecule has 2 heterocycles. The number of aliphatic hydroxyl groups excluding tert-OH is 1. The Morgan fingerprint density at radius 2 is 2.04 bits per heavy atom. The summed E-state index contributed by atoms with van der Waals surface area (Å²) in [5, 5.41) is 10.1. The molecule has 1 amide bonds. The molecule has 1 N–H and O–H groups in total. The van der Waals surface area contributed by atoms with Gasteiger partial charge in [0.2, 0.25) is 0 Å². The van der Waals surface area contributed by atoms with Crippen molar-refractivity contribution >= 4 is 5.91 Å². The number of amides is 1. The highest BCUT2D eigenvalue weighted by Crippen LogP contribution is 2.33. The van der Waals surface area contributed by atoms with Crippen LogP contribution in [0.25, 0.3) is 0 Å². The second-order valence-corrected chi connectivity index (χ2v) is 7.02. The minimum absolute atomic E-state index is 0.0256. The van der Waals surface area contributed by atoms with Gasteiger partial charge in [-0.2, -0.15) is 0 Å². The first-order valence-electron chi connectivity index (χ1n) is 9.01. The highest BCUT2D eigenvalue weighted by molar-refractivity contribution is 6.01. The molecule has 2 aliphatic rings. The Kier molecular flexibility index (Phi) is 4.66. The minimum atomic E-state index is -0.570. The molecule has 2 aliphatic heterocycles. The van der Waals surface area contributed by atoms with Crippen LogP contribution < -0.4 is 4.74 Å². The molecular formula is C21H23NO4. The minimum Gasteiger partial charge on any atom is -0.484 e. The molecule has 4 rings (SSSR count). The van der Waals surface area contributed by atoms with E-state index in [4.69, 9.17) is 9.47 Å². The Morgan fingerprint density at radius 3 is 2.81 bits per heavy atom. The molecule has 5 heteroatoms. The van der Waals surface area contributed by atoms with Gasteiger partial charge in [0.15, 0.2) is 0 Å². The number of carbonyl (C=O) groups is 1. The normalized spacial score (nSPS) is 22.4. The van der Waals surface area contributed by atoms with Crippen LogP contribution in [0.2, 0.25) is 0 Å². The number of carbonyl (C=O) groups excluding carboxylic acids is 1. The Hall–Kier alpha value is -2.37. The fourth-order valence-electron chi connectivity index (χ4n) is 3.50. The van der Waals surface area contributed by atoms with Gasteiger partial charge in [-0.3, -0.25) is 4.79 Å². The molecule has 0 spiro atoms. The van der Waals surface area contributed by atoms with Crippen LogP contribution in [0.15, 0.2) is 42.5 Å². The predicted octanol–water partition coefficient (Wildman–Crippen LogP) is 2.68. The largest absolute Gasteiger partial charge is 0.484 e. The number of nitrogens with zero attached hydrogens (tertiary/aromatic N) is 1. The first-order valence-corrected chi connectivity index (χ1v) is 9.01. The summed E-state index contributed by atoms with van der Waals surface area (Å²) < 4.78 is 11.4. The third-order valence-corrected chi connectivity index (χ3v) is 5.02. The van der Waals surface area contributed by atoms with Crippen molar-refractivity contribution in [3.05, 3.63) is 64.7 Å². The first kappa shape index (κ1) is 17.1. The maximum atomic E-state index is 13.0. The van der Waals surface area contributed by atoms with E-state index in [1.807, 2.05) is 24.0 Å². The molecule has 0 radical (unpaired) electrons. The standard InChI is InChI=1S/C21H23NO4/c1-14-5-7-15(8-6-14)11-22-12-16-3-2-4-18(20(16)21(22)24)26-19-13-25-10-9-17(19)23/h2-8,17,19,23H,9-13H2,1H3/t17-,19-/m0/s1. The van der Waals surface area contributed by atoms with E-state index in [9.17, 15) is 9.90 Å². The van der Waals surface area contributed by atoms with Gasteiger partial charge < -0.3 is 19.5 Å². The van der Waals surface area contributed by atoms with Crippen molar-refractivity contribution < 1.29 is 19.4 Å². The number of benzene rings is 2. The molecule has 5 nitrogen and oxygen atoms in total. The highest BCUT2D eigenvalue weighted by Gasteiger charge is 2.33. The van der Waals surface area contributed by atoms with Crippen molar-refractivity contribution in [3.8, 4) is 5.75 Å². The molecule has 0 aromatic heterocycles. The van der Waals surface area contributed by atoms with Gasteiger partial charge in [0, 0.05) is 26.1 Å². The van der Waals surface area contributed by atoms with Crippen LogP contribution in [-0.4, -0.2) is 41.3 Å². The molecule has 1 saturated heterocycles. The summed E-state index contributed by atoms with van der Waals surface area (Å²) in [5.74, 6) is 0.510. The zero-order valence-corrected chi connectivity index (χ0v) is 14.9. The SMILES string of the molecule is Cc1ccc(CN2Cc3cccc(O[C@H]4COCC[C@@H]4O)c3C2=O)cc1. The van der Waals surface area contributed by atoms with Gasteiger partial charge in [-0.05, 0) is 24.1 Å². The van der Waals surface area contributed by atoms with Gasteiger partial charge in [0.25, 0.3) is 5.91 Å². The third kappa shape index (κ3) is 3.32. The van der Waals surface area contributed by atoms with Gasteiger partial charge in [0.05, 0.1) is 18.3 Å². The summed E-state index contributed by atoms with van der Waals surface area (Å²) in [6, 6.07) is 13.9. The lowest BCUT2D eigenvalue weighted by atomic mass is 10.1. The summed E-state index contributed by atoms with van der Waals surface area (Å²) in [5.41, 5.74) is 3.88. The van der Waals surface area contributed by atoms with E-state index in [0.717, 1.165) is 11.1 Å². The average Bonchev–Trinajstić information content (AvgIpc) is 2.96. The number of aryl methyl sites for hydroxylation is 1. The summed E-state index contributed by atoms with van der Waals surface area (Å²) in [6.07, 6.45) is -0.457. The summed E-state index contributed by atoms with van der Waals surface area (Å²) >= 11 is 0. The van der Waals surface area contributed by atoms with Crippen molar-refractivity contribution in [2.45, 2.75) is 38.6 Å². The number of hydrogen-bond donors (Lipinski definition) is 1. The molecule has 2 aromatic rings. The van der Waals surface area contributed by atoms with Gasteiger partial charge in [-0.25, -0.2) is 0 Å². The van der Waals surface area contributed by atoms with Crippen molar-refractivity contribution in [3.63, 3.8) is 0 Å². The van der Waals surface area contributed by atoms with Crippen molar-refractivity contribution in [1.29, 1.82) is 0 Å². The summed E-state index contributed by atoms with van der Waals surface area (Å²) in [6.45, 7) is 4.07. The van der Waals surface area contributed by atoms with Crippen LogP contribution in [0.5, 0.6) is 5.75 Å². The molecule has 136 valence electrons. The zero-order valence-electron chi connectivity index (χ0n) is 14.9. The van der Waals surface area contributed by atoms with E-state index >= 15 is 0 Å². The molecular weight excluding hydrogens is 330 g/mol. The van der Waals surface area contributed by atoms with Crippen LogP contribution in [0.3, 0.4) is 0 Å². The van der Waals surface area contributed by atoms with Crippen molar-refractivity contribution in [2.75, 3.05) is 13.2 Å². The monoisotopic (exact) mass is 353 g/mol. The van der Waals surface area contributed by atoms with Crippen LogP contribution >= 0.6 is 0 Å². The van der Waals surface area contributed by atoms with E-state index in [2.05, 4.69) is 24.3 Å². The summed E-state index contributed by atoms with van der Waals surface area (Å²) in [4.78, 5) is 14.8. The van der Waals surface area contributed by atoms with Crippen LogP contribution in [0, 0.1) is 6.92 Å². The molecule has 0 aliphatic carbocycles. The second-order valence-electron chi connectivity index (χ2n) is 7.02. The first-order chi connectivity index (χ1) is 12.6. The molecule has 26 heavy (non-hydrogen) atoms.